The standard InChI is InChI=1S/C13H10ClNO2/c14-12(16)11-7-10(13(17)15-8-11)6-9-4-2-1-3-5-9/h1-5,7-8H,6H2,(H,15,17). The minimum absolute atomic E-state index is 0.199. The number of hydrogen-bond donors (Lipinski definition) is 1. The Bertz CT molecular complexity index is 590. The molecule has 0 aliphatic rings. The molecule has 86 valence electrons. The summed E-state index contributed by atoms with van der Waals surface area (Å²) >= 11 is 5.37. The summed E-state index contributed by atoms with van der Waals surface area (Å²) in [5, 5.41) is -0.574. The number of benzene rings is 1. The SMILES string of the molecule is O=C(Cl)c1c[nH]c(=O)c(Cc2ccccc2)c1. The quantitative estimate of drug-likeness (QED) is 0.847. The number of rotatable bonds is 3. The summed E-state index contributed by atoms with van der Waals surface area (Å²) in [4.78, 5) is 25.1. The van der Waals surface area contributed by atoms with Gasteiger partial charge in [-0.3, -0.25) is 9.59 Å². The molecule has 3 nitrogen and oxygen atoms in total. The van der Waals surface area contributed by atoms with Gasteiger partial charge in [0.25, 0.3) is 10.8 Å². The average Bonchev–Trinajstić information content (AvgIpc) is 2.33. The summed E-state index contributed by atoms with van der Waals surface area (Å²) in [5.41, 5.74) is 1.65. The average molecular weight is 248 g/mol. The van der Waals surface area contributed by atoms with Crippen molar-refractivity contribution in [1.82, 2.24) is 4.98 Å². The van der Waals surface area contributed by atoms with Gasteiger partial charge in [0, 0.05) is 18.2 Å². The predicted octanol–water partition coefficient (Wildman–Crippen LogP) is 2.34. The minimum atomic E-state index is -0.574. The van der Waals surface area contributed by atoms with Crippen LogP contribution in [0.15, 0.2) is 47.4 Å². The summed E-state index contributed by atoms with van der Waals surface area (Å²) < 4.78 is 0. The molecule has 0 atom stereocenters. The molecule has 17 heavy (non-hydrogen) atoms. The Morgan fingerprint density at radius 2 is 1.94 bits per heavy atom. The van der Waals surface area contributed by atoms with Crippen molar-refractivity contribution in [3.63, 3.8) is 0 Å². The maximum atomic E-state index is 11.6. The lowest BCUT2D eigenvalue weighted by Crippen LogP contribution is -2.13. The first kappa shape index (κ1) is 11.6. The van der Waals surface area contributed by atoms with Gasteiger partial charge >= 0.3 is 0 Å². The van der Waals surface area contributed by atoms with Gasteiger partial charge in [-0.1, -0.05) is 30.3 Å². The summed E-state index contributed by atoms with van der Waals surface area (Å²) in [5.74, 6) is 0. The minimum Gasteiger partial charge on any atom is -0.328 e. The van der Waals surface area contributed by atoms with Crippen LogP contribution in [0.4, 0.5) is 0 Å². The topological polar surface area (TPSA) is 49.9 Å². The van der Waals surface area contributed by atoms with Gasteiger partial charge in [-0.05, 0) is 23.2 Å². The van der Waals surface area contributed by atoms with Gasteiger partial charge < -0.3 is 4.98 Å². The second-order valence-electron chi connectivity index (χ2n) is 3.68. The fourth-order valence-corrected chi connectivity index (χ4v) is 1.70. The van der Waals surface area contributed by atoms with Crippen LogP contribution in [-0.4, -0.2) is 10.2 Å². The number of hydrogen-bond acceptors (Lipinski definition) is 2. The van der Waals surface area contributed by atoms with Crippen LogP contribution in [0.5, 0.6) is 0 Å². The van der Waals surface area contributed by atoms with E-state index in [9.17, 15) is 9.59 Å². The Hall–Kier alpha value is -1.87. The Balaban J connectivity index is 2.36. The third-order valence-electron chi connectivity index (χ3n) is 2.44. The van der Waals surface area contributed by atoms with E-state index in [0.717, 1.165) is 5.56 Å². The Kier molecular flexibility index (Phi) is 3.40. The number of nitrogens with one attached hydrogen (secondary N) is 1. The highest BCUT2D eigenvalue weighted by Crippen LogP contribution is 2.08. The predicted molar refractivity (Wildman–Crippen MR) is 66.5 cm³/mol. The van der Waals surface area contributed by atoms with Gasteiger partial charge in [0.2, 0.25) is 0 Å². The van der Waals surface area contributed by atoms with E-state index in [1.54, 1.807) is 0 Å². The molecule has 2 rings (SSSR count). The van der Waals surface area contributed by atoms with Gasteiger partial charge in [0.15, 0.2) is 0 Å². The Morgan fingerprint density at radius 1 is 1.24 bits per heavy atom. The summed E-state index contributed by atoms with van der Waals surface area (Å²) in [6, 6.07) is 11.1. The molecule has 1 heterocycles. The smallest absolute Gasteiger partial charge is 0.253 e. The van der Waals surface area contributed by atoms with Crippen molar-refractivity contribution in [1.29, 1.82) is 0 Å². The fourth-order valence-electron chi connectivity index (χ4n) is 1.59. The maximum Gasteiger partial charge on any atom is 0.253 e. The molecule has 0 aliphatic heterocycles. The molecule has 0 saturated carbocycles. The number of aromatic amines is 1. The number of aromatic nitrogens is 1. The third-order valence-corrected chi connectivity index (χ3v) is 2.66. The van der Waals surface area contributed by atoms with E-state index in [1.165, 1.54) is 12.3 Å². The van der Waals surface area contributed by atoms with Crippen molar-refractivity contribution < 1.29 is 4.79 Å². The molecule has 0 fully saturated rings. The molecule has 1 aromatic carbocycles. The highest BCUT2D eigenvalue weighted by Gasteiger charge is 2.07. The number of carbonyl (C=O) groups is 1. The number of pyridine rings is 1. The van der Waals surface area contributed by atoms with E-state index < -0.39 is 5.24 Å². The lowest BCUT2D eigenvalue weighted by molar-refractivity contribution is 0.108. The second-order valence-corrected chi connectivity index (χ2v) is 4.02. The normalized spacial score (nSPS) is 10.2. The Labute approximate surface area is 103 Å². The van der Waals surface area contributed by atoms with Crippen molar-refractivity contribution in [3.05, 3.63) is 69.6 Å². The first-order valence-corrected chi connectivity index (χ1v) is 5.50. The van der Waals surface area contributed by atoms with Crippen LogP contribution >= 0.6 is 11.6 Å². The zero-order valence-electron chi connectivity index (χ0n) is 8.94. The molecule has 1 N–H and O–H groups in total. The molecule has 0 bridgehead atoms. The maximum absolute atomic E-state index is 11.6. The van der Waals surface area contributed by atoms with Crippen LogP contribution in [0.3, 0.4) is 0 Å². The van der Waals surface area contributed by atoms with Crippen molar-refractivity contribution >= 4 is 16.8 Å². The lowest BCUT2D eigenvalue weighted by Gasteiger charge is -2.02. The van der Waals surface area contributed by atoms with Crippen molar-refractivity contribution in [3.8, 4) is 0 Å². The summed E-state index contributed by atoms with van der Waals surface area (Å²) in [7, 11) is 0. The fraction of sp³-hybridized carbons (Fsp3) is 0.0769. The van der Waals surface area contributed by atoms with Crippen molar-refractivity contribution in [2.75, 3.05) is 0 Å². The number of halogens is 1. The van der Waals surface area contributed by atoms with E-state index >= 15 is 0 Å². The molecule has 0 unspecified atom stereocenters. The summed E-state index contributed by atoms with van der Waals surface area (Å²) in [6.45, 7) is 0. The second kappa shape index (κ2) is 4.97. The highest BCUT2D eigenvalue weighted by molar-refractivity contribution is 6.67. The summed E-state index contributed by atoms with van der Waals surface area (Å²) in [6.07, 6.45) is 1.81. The van der Waals surface area contributed by atoms with E-state index in [-0.39, 0.29) is 5.56 Å². The van der Waals surface area contributed by atoms with Crippen LogP contribution in [0, 0.1) is 0 Å². The number of carbonyl (C=O) groups excluding carboxylic acids is 1. The van der Waals surface area contributed by atoms with Crippen LogP contribution in [0.25, 0.3) is 0 Å². The van der Waals surface area contributed by atoms with Crippen LogP contribution < -0.4 is 5.56 Å². The van der Waals surface area contributed by atoms with E-state index in [1.807, 2.05) is 30.3 Å². The molecular formula is C13H10ClNO2. The largest absolute Gasteiger partial charge is 0.328 e. The third kappa shape index (κ3) is 2.82. The molecule has 0 amide bonds. The Morgan fingerprint density at radius 3 is 2.59 bits per heavy atom. The molecule has 0 saturated heterocycles. The van der Waals surface area contributed by atoms with Gasteiger partial charge in [0.05, 0.1) is 5.56 Å². The molecule has 4 heteroatoms. The van der Waals surface area contributed by atoms with E-state index in [4.69, 9.17) is 11.6 Å². The first-order chi connectivity index (χ1) is 8.16. The molecule has 0 spiro atoms. The van der Waals surface area contributed by atoms with Gasteiger partial charge in [-0.25, -0.2) is 0 Å². The van der Waals surface area contributed by atoms with Crippen LogP contribution in [0.1, 0.15) is 21.5 Å². The van der Waals surface area contributed by atoms with Gasteiger partial charge in [-0.15, -0.1) is 0 Å². The lowest BCUT2D eigenvalue weighted by atomic mass is 10.1. The van der Waals surface area contributed by atoms with Gasteiger partial charge in [0.1, 0.15) is 0 Å². The van der Waals surface area contributed by atoms with Gasteiger partial charge in [-0.2, -0.15) is 0 Å². The van der Waals surface area contributed by atoms with Crippen LogP contribution in [-0.2, 0) is 6.42 Å². The van der Waals surface area contributed by atoms with Crippen molar-refractivity contribution in [2.24, 2.45) is 0 Å². The molecule has 0 radical (unpaired) electrons. The molecular weight excluding hydrogens is 238 g/mol. The van der Waals surface area contributed by atoms with E-state index in [0.29, 0.717) is 17.5 Å². The monoisotopic (exact) mass is 247 g/mol. The first-order valence-electron chi connectivity index (χ1n) is 5.12. The van der Waals surface area contributed by atoms with Crippen molar-refractivity contribution in [2.45, 2.75) is 6.42 Å². The van der Waals surface area contributed by atoms with Crippen LogP contribution in [0.2, 0.25) is 0 Å². The van der Waals surface area contributed by atoms with E-state index in [2.05, 4.69) is 4.98 Å². The zero-order chi connectivity index (χ0) is 12.3. The molecule has 0 aliphatic carbocycles. The highest BCUT2D eigenvalue weighted by atomic mass is 35.5. The number of H-pyrrole nitrogens is 1. The molecule has 2 aromatic rings. The zero-order valence-corrected chi connectivity index (χ0v) is 9.70. The molecule has 1 aromatic heterocycles.